The predicted octanol–water partition coefficient (Wildman–Crippen LogP) is 2.54. The molecule has 4 heterocycles. The van der Waals surface area contributed by atoms with Crippen molar-refractivity contribution < 1.29 is 14.3 Å². The minimum atomic E-state index is -0.0886. The standard InChI is InChI=1S/C21H21N5O3S/c27-20(25-8-10-29-11-9-25)15-4-6-17(22-13-15)19-2-1-7-26(19)21(28)14-3-5-16-18(12-14)24-30-23-16/h3-6,12-13,19H,1-2,7-11H2/t19-/m1/s1. The summed E-state index contributed by atoms with van der Waals surface area (Å²) in [4.78, 5) is 34.0. The molecule has 0 spiro atoms. The molecule has 0 bridgehead atoms. The van der Waals surface area contributed by atoms with Crippen molar-refractivity contribution in [2.45, 2.75) is 18.9 Å². The number of hydrogen-bond acceptors (Lipinski definition) is 7. The van der Waals surface area contributed by atoms with Crippen molar-refractivity contribution in [1.29, 1.82) is 0 Å². The molecule has 2 aliphatic heterocycles. The average Bonchev–Trinajstić information content (AvgIpc) is 3.48. The second-order valence-electron chi connectivity index (χ2n) is 7.50. The molecule has 2 fully saturated rings. The largest absolute Gasteiger partial charge is 0.378 e. The Morgan fingerprint density at radius 2 is 1.77 bits per heavy atom. The maximum absolute atomic E-state index is 13.2. The Labute approximate surface area is 177 Å². The molecular formula is C21H21N5O3S. The van der Waals surface area contributed by atoms with Crippen LogP contribution in [0.1, 0.15) is 45.3 Å². The average molecular weight is 423 g/mol. The third-order valence-corrected chi connectivity index (χ3v) is 6.24. The molecule has 0 aliphatic carbocycles. The minimum Gasteiger partial charge on any atom is -0.378 e. The van der Waals surface area contributed by atoms with Crippen LogP contribution in [0.2, 0.25) is 0 Å². The minimum absolute atomic E-state index is 0.0253. The van der Waals surface area contributed by atoms with E-state index in [1.807, 2.05) is 23.1 Å². The summed E-state index contributed by atoms with van der Waals surface area (Å²) in [5.41, 5.74) is 3.54. The number of rotatable bonds is 3. The van der Waals surface area contributed by atoms with Crippen molar-refractivity contribution in [1.82, 2.24) is 23.5 Å². The number of hydrogen-bond donors (Lipinski definition) is 0. The molecule has 0 N–H and O–H groups in total. The molecule has 2 amide bonds. The normalized spacial score (nSPS) is 19.4. The highest BCUT2D eigenvalue weighted by atomic mass is 32.1. The van der Waals surface area contributed by atoms with Gasteiger partial charge < -0.3 is 14.5 Å². The lowest BCUT2D eigenvalue weighted by Gasteiger charge is -2.27. The molecule has 2 saturated heterocycles. The Kier molecular flexibility index (Phi) is 5.14. The Balaban J connectivity index is 1.34. The zero-order valence-corrected chi connectivity index (χ0v) is 17.2. The van der Waals surface area contributed by atoms with Crippen molar-refractivity contribution in [2.75, 3.05) is 32.8 Å². The monoisotopic (exact) mass is 423 g/mol. The fourth-order valence-electron chi connectivity index (χ4n) is 4.08. The van der Waals surface area contributed by atoms with E-state index in [2.05, 4.69) is 13.7 Å². The smallest absolute Gasteiger partial charge is 0.255 e. The molecule has 9 heteroatoms. The van der Waals surface area contributed by atoms with Crippen LogP contribution in [0.15, 0.2) is 36.5 Å². The van der Waals surface area contributed by atoms with Crippen LogP contribution in [-0.2, 0) is 4.74 Å². The zero-order chi connectivity index (χ0) is 20.5. The van der Waals surface area contributed by atoms with Gasteiger partial charge in [-0.3, -0.25) is 14.6 Å². The van der Waals surface area contributed by atoms with Crippen LogP contribution < -0.4 is 0 Å². The molecule has 1 atom stereocenters. The lowest BCUT2D eigenvalue weighted by atomic mass is 10.1. The fourth-order valence-corrected chi connectivity index (χ4v) is 4.59. The molecule has 5 rings (SSSR count). The van der Waals surface area contributed by atoms with Gasteiger partial charge in [-0.1, -0.05) is 0 Å². The van der Waals surface area contributed by atoms with Crippen LogP contribution in [0.25, 0.3) is 11.0 Å². The second kappa shape index (κ2) is 8.08. The Bertz CT molecular complexity index is 1080. The fraction of sp³-hybridized carbons (Fsp3) is 0.381. The van der Waals surface area contributed by atoms with Gasteiger partial charge in [0.05, 0.1) is 42.2 Å². The lowest BCUT2D eigenvalue weighted by molar-refractivity contribution is 0.0302. The lowest BCUT2D eigenvalue weighted by Crippen LogP contribution is -2.40. The van der Waals surface area contributed by atoms with Crippen molar-refractivity contribution in [3.8, 4) is 0 Å². The first-order valence-electron chi connectivity index (χ1n) is 10.1. The van der Waals surface area contributed by atoms with E-state index in [1.54, 1.807) is 23.2 Å². The Hall–Kier alpha value is -2.91. The molecule has 30 heavy (non-hydrogen) atoms. The number of morpholine rings is 1. The van der Waals surface area contributed by atoms with Crippen LogP contribution in [-0.4, -0.2) is 68.2 Å². The number of amides is 2. The maximum atomic E-state index is 13.2. The molecule has 8 nitrogen and oxygen atoms in total. The van der Waals surface area contributed by atoms with Gasteiger partial charge in [-0.2, -0.15) is 8.75 Å². The summed E-state index contributed by atoms with van der Waals surface area (Å²) >= 11 is 1.14. The summed E-state index contributed by atoms with van der Waals surface area (Å²) in [6, 6.07) is 9.04. The van der Waals surface area contributed by atoms with Crippen molar-refractivity contribution in [3.05, 3.63) is 53.3 Å². The first-order valence-corrected chi connectivity index (χ1v) is 10.8. The number of likely N-dealkylation sites (tertiary alicyclic amines) is 1. The quantitative estimate of drug-likeness (QED) is 0.643. The molecule has 154 valence electrons. The van der Waals surface area contributed by atoms with Gasteiger partial charge in [-0.15, -0.1) is 0 Å². The van der Waals surface area contributed by atoms with Gasteiger partial charge in [-0.05, 0) is 43.2 Å². The van der Waals surface area contributed by atoms with Gasteiger partial charge in [0.2, 0.25) is 0 Å². The zero-order valence-electron chi connectivity index (χ0n) is 16.4. The van der Waals surface area contributed by atoms with E-state index in [4.69, 9.17) is 4.74 Å². The number of ether oxygens (including phenoxy) is 1. The molecule has 0 unspecified atom stereocenters. The summed E-state index contributed by atoms with van der Waals surface area (Å²) in [6.45, 7) is 3.03. The molecule has 2 aromatic heterocycles. The topological polar surface area (TPSA) is 88.5 Å². The molecular weight excluding hydrogens is 402 g/mol. The van der Waals surface area contributed by atoms with Crippen LogP contribution >= 0.6 is 11.7 Å². The molecule has 2 aliphatic rings. The SMILES string of the molecule is O=C(c1ccc([C@H]2CCCN2C(=O)c2ccc3nsnc3c2)nc1)N1CCOCC1. The summed E-state index contributed by atoms with van der Waals surface area (Å²) in [6.07, 6.45) is 3.41. The second-order valence-corrected chi connectivity index (χ2v) is 8.03. The van der Waals surface area contributed by atoms with Gasteiger partial charge in [0, 0.05) is 31.4 Å². The van der Waals surface area contributed by atoms with Gasteiger partial charge in [0.25, 0.3) is 11.8 Å². The van der Waals surface area contributed by atoms with Gasteiger partial charge in [0.1, 0.15) is 11.0 Å². The summed E-state index contributed by atoms with van der Waals surface area (Å²) < 4.78 is 13.7. The molecule has 3 aromatic rings. The van der Waals surface area contributed by atoms with Crippen molar-refractivity contribution in [2.24, 2.45) is 0 Å². The summed E-state index contributed by atoms with van der Waals surface area (Å²) in [7, 11) is 0. The van der Waals surface area contributed by atoms with Crippen LogP contribution in [0.4, 0.5) is 0 Å². The van der Waals surface area contributed by atoms with Gasteiger partial charge >= 0.3 is 0 Å². The number of nitrogens with zero attached hydrogens (tertiary/aromatic N) is 5. The molecule has 1 aromatic carbocycles. The Morgan fingerprint density at radius 1 is 0.967 bits per heavy atom. The maximum Gasteiger partial charge on any atom is 0.255 e. The van der Waals surface area contributed by atoms with Crippen molar-refractivity contribution in [3.63, 3.8) is 0 Å². The Morgan fingerprint density at radius 3 is 2.57 bits per heavy atom. The first-order chi connectivity index (χ1) is 14.7. The van der Waals surface area contributed by atoms with Crippen LogP contribution in [0.3, 0.4) is 0 Å². The van der Waals surface area contributed by atoms with E-state index in [0.29, 0.717) is 44.0 Å². The van der Waals surface area contributed by atoms with Gasteiger partial charge in [0.15, 0.2) is 0 Å². The van der Waals surface area contributed by atoms with Crippen LogP contribution in [0.5, 0.6) is 0 Å². The number of aromatic nitrogens is 3. The molecule has 0 radical (unpaired) electrons. The number of benzene rings is 1. The third-order valence-electron chi connectivity index (χ3n) is 5.69. The van der Waals surface area contributed by atoms with E-state index in [-0.39, 0.29) is 17.9 Å². The number of carbonyl (C=O) groups excluding carboxylic acids is 2. The first kappa shape index (κ1) is 19.1. The van der Waals surface area contributed by atoms with E-state index in [0.717, 1.165) is 41.3 Å². The number of carbonyl (C=O) groups is 2. The highest BCUT2D eigenvalue weighted by Gasteiger charge is 2.32. The van der Waals surface area contributed by atoms with E-state index in [1.165, 1.54) is 0 Å². The highest BCUT2D eigenvalue weighted by Crippen LogP contribution is 2.32. The molecule has 0 saturated carbocycles. The summed E-state index contributed by atoms with van der Waals surface area (Å²) in [5.74, 6) is -0.0513. The number of fused-ring (bicyclic) bond motifs is 1. The highest BCUT2D eigenvalue weighted by molar-refractivity contribution is 7.00. The predicted molar refractivity (Wildman–Crippen MR) is 111 cm³/mol. The summed E-state index contributed by atoms with van der Waals surface area (Å²) in [5, 5.41) is 0. The van der Waals surface area contributed by atoms with Crippen LogP contribution in [0, 0.1) is 0 Å². The van der Waals surface area contributed by atoms with E-state index >= 15 is 0 Å². The van der Waals surface area contributed by atoms with Gasteiger partial charge in [-0.25, -0.2) is 0 Å². The number of pyridine rings is 1. The van der Waals surface area contributed by atoms with Crippen molar-refractivity contribution >= 4 is 34.6 Å². The third kappa shape index (κ3) is 3.54. The van der Waals surface area contributed by atoms with E-state index in [9.17, 15) is 9.59 Å². The van der Waals surface area contributed by atoms with E-state index < -0.39 is 0 Å².